The standard InChI is InChI=1S/C17H17N3O6/c1-10(16(21)19-11-4-3-5-13(8-11)25-2)26-17(22)14-9-12(20(23)24)6-7-15(14)18/h3-10H,18H2,1-2H3,(H,19,21). The number of hydrogen-bond donors (Lipinski definition) is 2. The Hall–Kier alpha value is -3.62. The van der Waals surface area contributed by atoms with Gasteiger partial charge in [-0.3, -0.25) is 14.9 Å². The first-order valence-corrected chi connectivity index (χ1v) is 7.51. The third-order valence-electron chi connectivity index (χ3n) is 3.46. The first-order valence-electron chi connectivity index (χ1n) is 7.51. The van der Waals surface area contributed by atoms with Crippen molar-refractivity contribution in [3.05, 3.63) is 58.1 Å². The molecule has 2 aromatic rings. The molecule has 3 N–H and O–H groups in total. The molecule has 0 bridgehead atoms. The first-order chi connectivity index (χ1) is 12.3. The molecule has 9 nitrogen and oxygen atoms in total. The minimum Gasteiger partial charge on any atom is -0.497 e. The van der Waals surface area contributed by atoms with Crippen molar-refractivity contribution in [2.24, 2.45) is 0 Å². The van der Waals surface area contributed by atoms with E-state index in [2.05, 4.69) is 5.32 Å². The molecule has 0 aliphatic rings. The van der Waals surface area contributed by atoms with Crippen LogP contribution in [-0.2, 0) is 9.53 Å². The number of nitro benzene ring substituents is 1. The second-order valence-electron chi connectivity index (χ2n) is 5.30. The smallest absolute Gasteiger partial charge is 0.341 e. The fraction of sp³-hybridized carbons (Fsp3) is 0.176. The van der Waals surface area contributed by atoms with Gasteiger partial charge in [-0.05, 0) is 25.1 Å². The summed E-state index contributed by atoms with van der Waals surface area (Å²) in [7, 11) is 1.49. The molecule has 1 atom stereocenters. The molecule has 1 amide bonds. The molecule has 1 unspecified atom stereocenters. The number of ether oxygens (including phenoxy) is 2. The monoisotopic (exact) mass is 359 g/mol. The fourth-order valence-corrected chi connectivity index (χ4v) is 2.06. The van der Waals surface area contributed by atoms with E-state index in [0.717, 1.165) is 6.07 Å². The zero-order valence-electron chi connectivity index (χ0n) is 14.1. The van der Waals surface area contributed by atoms with Gasteiger partial charge in [-0.25, -0.2) is 4.79 Å². The van der Waals surface area contributed by atoms with Gasteiger partial charge in [-0.2, -0.15) is 0 Å². The van der Waals surface area contributed by atoms with E-state index in [-0.39, 0.29) is 16.9 Å². The topological polar surface area (TPSA) is 134 Å². The number of nitrogens with two attached hydrogens (primary N) is 1. The van der Waals surface area contributed by atoms with Crippen molar-refractivity contribution in [2.45, 2.75) is 13.0 Å². The third kappa shape index (κ3) is 4.47. The van der Waals surface area contributed by atoms with Gasteiger partial charge in [0.1, 0.15) is 5.75 Å². The number of carbonyl (C=O) groups excluding carboxylic acids is 2. The maximum Gasteiger partial charge on any atom is 0.341 e. The number of esters is 1. The highest BCUT2D eigenvalue weighted by Crippen LogP contribution is 2.21. The number of non-ortho nitro benzene ring substituents is 1. The molecular formula is C17H17N3O6. The molecule has 2 aromatic carbocycles. The van der Waals surface area contributed by atoms with Crippen LogP contribution >= 0.6 is 0 Å². The molecular weight excluding hydrogens is 342 g/mol. The Labute approximate surface area is 148 Å². The van der Waals surface area contributed by atoms with Gasteiger partial charge in [0.15, 0.2) is 6.10 Å². The quantitative estimate of drug-likeness (QED) is 0.350. The number of methoxy groups -OCH3 is 1. The summed E-state index contributed by atoms with van der Waals surface area (Å²) in [5.74, 6) is -0.952. The van der Waals surface area contributed by atoms with Gasteiger partial charge in [0.05, 0.1) is 17.6 Å². The molecule has 136 valence electrons. The van der Waals surface area contributed by atoms with Gasteiger partial charge in [-0.15, -0.1) is 0 Å². The minimum absolute atomic E-state index is 0.0148. The second-order valence-corrected chi connectivity index (χ2v) is 5.30. The van der Waals surface area contributed by atoms with E-state index in [1.54, 1.807) is 24.3 Å². The number of nitrogens with one attached hydrogen (secondary N) is 1. The Balaban J connectivity index is 2.07. The number of benzene rings is 2. The van der Waals surface area contributed by atoms with Crippen molar-refractivity contribution in [3.63, 3.8) is 0 Å². The predicted octanol–water partition coefficient (Wildman–Crippen LogP) is 2.37. The largest absolute Gasteiger partial charge is 0.497 e. The van der Waals surface area contributed by atoms with E-state index in [9.17, 15) is 19.7 Å². The zero-order chi connectivity index (χ0) is 19.3. The Morgan fingerprint density at radius 1 is 1.23 bits per heavy atom. The Morgan fingerprint density at radius 2 is 1.96 bits per heavy atom. The van der Waals surface area contributed by atoms with Crippen molar-refractivity contribution in [2.75, 3.05) is 18.2 Å². The van der Waals surface area contributed by atoms with Gasteiger partial charge in [0, 0.05) is 29.6 Å². The van der Waals surface area contributed by atoms with E-state index < -0.39 is 22.9 Å². The SMILES string of the molecule is COc1cccc(NC(=O)C(C)OC(=O)c2cc([N+](=O)[O-])ccc2N)c1. The number of rotatable bonds is 6. The van der Waals surface area contributed by atoms with Crippen LogP contribution in [0.2, 0.25) is 0 Å². The number of hydrogen-bond acceptors (Lipinski definition) is 7. The highest BCUT2D eigenvalue weighted by molar-refractivity contribution is 5.99. The van der Waals surface area contributed by atoms with Gasteiger partial charge >= 0.3 is 5.97 Å². The molecule has 0 aliphatic carbocycles. The highest BCUT2D eigenvalue weighted by atomic mass is 16.6. The summed E-state index contributed by atoms with van der Waals surface area (Å²) < 4.78 is 10.1. The average Bonchev–Trinajstić information content (AvgIpc) is 2.61. The first kappa shape index (κ1) is 18.7. The van der Waals surface area contributed by atoms with Crippen LogP contribution < -0.4 is 15.8 Å². The summed E-state index contributed by atoms with van der Waals surface area (Å²) in [6.45, 7) is 1.38. The number of amides is 1. The summed E-state index contributed by atoms with van der Waals surface area (Å²) in [5.41, 5.74) is 5.65. The number of carbonyl (C=O) groups is 2. The van der Waals surface area contributed by atoms with Crippen LogP contribution in [0.25, 0.3) is 0 Å². The van der Waals surface area contributed by atoms with Crippen molar-refractivity contribution in [1.82, 2.24) is 0 Å². The van der Waals surface area contributed by atoms with Gasteiger partial charge in [-0.1, -0.05) is 6.07 Å². The summed E-state index contributed by atoms with van der Waals surface area (Å²) in [5, 5.41) is 13.4. The van der Waals surface area contributed by atoms with Crippen LogP contribution in [0.1, 0.15) is 17.3 Å². The lowest BCUT2D eigenvalue weighted by Crippen LogP contribution is -2.30. The van der Waals surface area contributed by atoms with Gasteiger partial charge in [0.25, 0.3) is 11.6 Å². The molecule has 9 heteroatoms. The van der Waals surface area contributed by atoms with Crippen LogP contribution in [-0.4, -0.2) is 30.0 Å². The van der Waals surface area contributed by atoms with Gasteiger partial charge in [0.2, 0.25) is 0 Å². The normalized spacial score (nSPS) is 11.3. The zero-order valence-corrected chi connectivity index (χ0v) is 14.1. The van der Waals surface area contributed by atoms with Crippen LogP contribution in [0.15, 0.2) is 42.5 Å². The van der Waals surface area contributed by atoms with Crippen molar-refractivity contribution < 1.29 is 24.0 Å². The van der Waals surface area contributed by atoms with E-state index >= 15 is 0 Å². The molecule has 0 aromatic heterocycles. The molecule has 0 spiro atoms. The lowest BCUT2D eigenvalue weighted by Gasteiger charge is -2.14. The highest BCUT2D eigenvalue weighted by Gasteiger charge is 2.22. The number of nitro groups is 1. The minimum atomic E-state index is -1.15. The van der Waals surface area contributed by atoms with Crippen LogP contribution in [0, 0.1) is 10.1 Å². The molecule has 26 heavy (non-hydrogen) atoms. The van der Waals surface area contributed by atoms with Crippen LogP contribution in [0.5, 0.6) is 5.75 Å². The van der Waals surface area contributed by atoms with Crippen LogP contribution in [0.3, 0.4) is 0 Å². The Bertz CT molecular complexity index is 852. The van der Waals surface area contributed by atoms with E-state index in [4.69, 9.17) is 15.2 Å². The maximum atomic E-state index is 12.2. The molecule has 0 fully saturated rings. The lowest BCUT2D eigenvalue weighted by molar-refractivity contribution is -0.384. The summed E-state index contributed by atoms with van der Waals surface area (Å²) >= 11 is 0. The molecule has 0 saturated heterocycles. The number of anilines is 2. The van der Waals surface area contributed by atoms with Crippen molar-refractivity contribution in [3.8, 4) is 5.75 Å². The van der Waals surface area contributed by atoms with E-state index in [1.807, 2.05) is 0 Å². The summed E-state index contributed by atoms with van der Waals surface area (Å²) in [6.07, 6.45) is -1.15. The fourth-order valence-electron chi connectivity index (χ4n) is 2.06. The van der Waals surface area contributed by atoms with E-state index in [0.29, 0.717) is 11.4 Å². The molecule has 0 saturated carbocycles. The molecule has 0 aliphatic heterocycles. The van der Waals surface area contributed by atoms with Crippen LogP contribution in [0.4, 0.5) is 17.1 Å². The van der Waals surface area contributed by atoms with E-state index in [1.165, 1.54) is 26.2 Å². The third-order valence-corrected chi connectivity index (χ3v) is 3.46. The number of nitrogen functional groups attached to an aromatic ring is 1. The second kappa shape index (κ2) is 7.97. The van der Waals surface area contributed by atoms with Crippen molar-refractivity contribution in [1.29, 1.82) is 0 Å². The van der Waals surface area contributed by atoms with Crippen molar-refractivity contribution >= 4 is 28.9 Å². The molecule has 0 heterocycles. The summed E-state index contributed by atoms with van der Waals surface area (Å²) in [4.78, 5) is 34.5. The maximum absolute atomic E-state index is 12.2. The molecule has 0 radical (unpaired) electrons. The summed E-state index contributed by atoms with van der Waals surface area (Å²) in [6, 6.07) is 10.1. The lowest BCUT2D eigenvalue weighted by atomic mass is 10.1. The number of nitrogens with zero attached hydrogens (tertiary/aromatic N) is 1. The van der Waals surface area contributed by atoms with Gasteiger partial charge < -0.3 is 20.5 Å². The Kier molecular flexibility index (Phi) is 5.74. The predicted molar refractivity (Wildman–Crippen MR) is 94.0 cm³/mol. The average molecular weight is 359 g/mol. The Morgan fingerprint density at radius 3 is 2.62 bits per heavy atom. The molecule has 2 rings (SSSR count).